The van der Waals surface area contributed by atoms with Gasteiger partial charge in [0, 0.05) is 17.3 Å². The van der Waals surface area contributed by atoms with E-state index in [-0.39, 0.29) is 28.1 Å². The van der Waals surface area contributed by atoms with E-state index in [4.69, 9.17) is 14.9 Å². The van der Waals surface area contributed by atoms with E-state index in [1.54, 1.807) is 0 Å². The van der Waals surface area contributed by atoms with Gasteiger partial charge >= 0.3 is 17.6 Å². The lowest BCUT2D eigenvalue weighted by Gasteiger charge is -2.09. The number of nitrogens with zero attached hydrogens (tertiary/aromatic N) is 1. The van der Waals surface area contributed by atoms with Crippen LogP contribution in [0.4, 0.5) is 11.4 Å². The number of ether oxygens (including phenoxy) is 1. The monoisotopic (exact) mass is 360 g/mol. The third-order valence-electron chi connectivity index (χ3n) is 3.32. The molecule has 0 fully saturated rings. The van der Waals surface area contributed by atoms with E-state index in [9.17, 15) is 24.5 Å². The Morgan fingerprint density at radius 1 is 1.00 bits per heavy atom. The van der Waals surface area contributed by atoms with Crippen LogP contribution in [0.3, 0.4) is 0 Å². The zero-order chi connectivity index (χ0) is 19.4. The van der Waals surface area contributed by atoms with Crippen molar-refractivity contribution in [3.05, 3.63) is 63.2 Å². The van der Waals surface area contributed by atoms with Gasteiger partial charge in [0.05, 0.1) is 23.2 Å². The van der Waals surface area contributed by atoms with Crippen molar-refractivity contribution in [2.24, 2.45) is 0 Å². The molecule has 0 radical (unpaired) electrons. The maximum Gasteiger partial charge on any atom is 0.335 e. The molecule has 3 N–H and O–H groups in total. The molecule has 0 aromatic heterocycles. The zero-order valence-electron chi connectivity index (χ0n) is 13.3. The number of aromatic carboxylic acids is 2. The van der Waals surface area contributed by atoms with Crippen LogP contribution in [-0.4, -0.2) is 40.1 Å². The number of amides is 1. The molecule has 134 valence electrons. The lowest BCUT2D eigenvalue weighted by atomic mass is 10.1. The second-order valence-electron chi connectivity index (χ2n) is 5.01. The van der Waals surface area contributed by atoms with E-state index in [0.717, 1.165) is 24.3 Å². The first kappa shape index (κ1) is 18.4. The summed E-state index contributed by atoms with van der Waals surface area (Å²) < 4.78 is 4.84. The van der Waals surface area contributed by atoms with Crippen LogP contribution < -0.4 is 10.1 Å². The molecular weight excluding hydrogens is 348 g/mol. The lowest BCUT2D eigenvalue weighted by Crippen LogP contribution is -2.14. The zero-order valence-corrected chi connectivity index (χ0v) is 13.3. The van der Waals surface area contributed by atoms with Gasteiger partial charge in [-0.1, -0.05) is 0 Å². The summed E-state index contributed by atoms with van der Waals surface area (Å²) in [7, 11) is 1.24. The molecule has 0 heterocycles. The smallest absolute Gasteiger partial charge is 0.335 e. The van der Waals surface area contributed by atoms with Gasteiger partial charge < -0.3 is 20.3 Å². The highest BCUT2D eigenvalue weighted by atomic mass is 16.6. The molecule has 10 heteroatoms. The molecular formula is C16H12N2O8. The Bertz CT molecular complexity index is 890. The third kappa shape index (κ3) is 3.93. The van der Waals surface area contributed by atoms with Crippen molar-refractivity contribution in [3.8, 4) is 5.75 Å². The van der Waals surface area contributed by atoms with Crippen molar-refractivity contribution >= 4 is 29.2 Å². The van der Waals surface area contributed by atoms with Crippen LogP contribution in [0.15, 0.2) is 36.4 Å². The van der Waals surface area contributed by atoms with Crippen LogP contribution in [0.25, 0.3) is 0 Å². The summed E-state index contributed by atoms with van der Waals surface area (Å²) in [6, 6.07) is 6.60. The molecule has 2 aromatic carbocycles. The Kier molecular flexibility index (Phi) is 5.16. The first-order valence-electron chi connectivity index (χ1n) is 6.98. The van der Waals surface area contributed by atoms with E-state index in [1.807, 2.05) is 0 Å². The number of carbonyl (C=O) groups is 3. The van der Waals surface area contributed by atoms with Gasteiger partial charge in [0.15, 0.2) is 5.75 Å². The number of carbonyl (C=O) groups excluding carboxylic acids is 1. The second kappa shape index (κ2) is 7.30. The van der Waals surface area contributed by atoms with Crippen molar-refractivity contribution in [1.82, 2.24) is 0 Å². The number of hydrogen-bond donors (Lipinski definition) is 3. The fourth-order valence-electron chi connectivity index (χ4n) is 2.12. The number of carboxylic acids is 2. The largest absolute Gasteiger partial charge is 0.490 e. The van der Waals surface area contributed by atoms with Crippen LogP contribution in [0.1, 0.15) is 31.1 Å². The molecule has 0 saturated carbocycles. The highest BCUT2D eigenvalue weighted by molar-refractivity contribution is 6.06. The standard InChI is InChI=1S/C16H12N2O8/c1-26-13-3-2-8(7-12(13)18(24)25)14(19)17-11-5-9(15(20)21)4-10(6-11)16(22)23/h2-7H,1H3,(H,17,19)(H,20,21)(H,22,23). The summed E-state index contributed by atoms with van der Waals surface area (Å²) in [6.45, 7) is 0. The summed E-state index contributed by atoms with van der Waals surface area (Å²) >= 11 is 0. The third-order valence-corrected chi connectivity index (χ3v) is 3.32. The van der Waals surface area contributed by atoms with Gasteiger partial charge in [-0.05, 0) is 30.3 Å². The van der Waals surface area contributed by atoms with E-state index in [0.29, 0.717) is 0 Å². The number of nitro benzene ring substituents is 1. The van der Waals surface area contributed by atoms with Crippen molar-refractivity contribution in [1.29, 1.82) is 0 Å². The van der Waals surface area contributed by atoms with E-state index >= 15 is 0 Å². The number of carboxylic acid groups (broad SMARTS) is 2. The fourth-order valence-corrected chi connectivity index (χ4v) is 2.12. The molecule has 1 amide bonds. The molecule has 2 aromatic rings. The van der Waals surface area contributed by atoms with Gasteiger partial charge in [-0.15, -0.1) is 0 Å². The fraction of sp³-hybridized carbons (Fsp3) is 0.0625. The molecule has 0 aliphatic rings. The molecule has 0 atom stereocenters. The van der Waals surface area contributed by atoms with Gasteiger partial charge in [0.25, 0.3) is 5.91 Å². The molecule has 0 aliphatic carbocycles. The van der Waals surface area contributed by atoms with Crippen LogP contribution >= 0.6 is 0 Å². The van der Waals surface area contributed by atoms with E-state index < -0.39 is 28.5 Å². The number of benzene rings is 2. The summed E-state index contributed by atoms with van der Waals surface area (Å²) in [5.74, 6) is -3.56. The predicted octanol–water partition coefficient (Wildman–Crippen LogP) is 2.25. The Labute approximate surface area is 145 Å². The summed E-state index contributed by atoms with van der Waals surface area (Å²) in [4.78, 5) is 44.7. The van der Waals surface area contributed by atoms with Crippen LogP contribution in [-0.2, 0) is 0 Å². The number of methoxy groups -OCH3 is 1. The first-order chi connectivity index (χ1) is 12.2. The Balaban J connectivity index is 2.38. The van der Waals surface area contributed by atoms with Crippen molar-refractivity contribution in [2.75, 3.05) is 12.4 Å². The highest BCUT2D eigenvalue weighted by Gasteiger charge is 2.19. The minimum Gasteiger partial charge on any atom is -0.490 e. The van der Waals surface area contributed by atoms with E-state index in [2.05, 4.69) is 5.32 Å². The van der Waals surface area contributed by atoms with Gasteiger partial charge in [-0.25, -0.2) is 9.59 Å². The second-order valence-corrected chi connectivity index (χ2v) is 5.01. The quantitative estimate of drug-likeness (QED) is 0.523. The molecule has 0 saturated heterocycles. The van der Waals surface area contributed by atoms with Crippen LogP contribution in [0, 0.1) is 10.1 Å². The molecule has 26 heavy (non-hydrogen) atoms. The normalized spacial score (nSPS) is 10.0. The topological polar surface area (TPSA) is 156 Å². The predicted molar refractivity (Wildman–Crippen MR) is 88.0 cm³/mol. The molecule has 0 spiro atoms. The lowest BCUT2D eigenvalue weighted by molar-refractivity contribution is -0.385. The van der Waals surface area contributed by atoms with Crippen LogP contribution in [0.5, 0.6) is 5.75 Å². The molecule has 0 aliphatic heterocycles. The number of rotatable bonds is 6. The van der Waals surface area contributed by atoms with Gasteiger partial charge in [-0.3, -0.25) is 14.9 Å². The summed E-state index contributed by atoms with van der Waals surface area (Å²) in [5.41, 5.74) is -1.26. The van der Waals surface area contributed by atoms with Crippen molar-refractivity contribution < 1.29 is 34.3 Å². The Morgan fingerprint density at radius 2 is 1.58 bits per heavy atom. The minimum atomic E-state index is -1.37. The van der Waals surface area contributed by atoms with E-state index in [1.165, 1.54) is 19.2 Å². The first-order valence-corrected chi connectivity index (χ1v) is 6.98. The molecule has 10 nitrogen and oxygen atoms in total. The Morgan fingerprint density at radius 3 is 2.04 bits per heavy atom. The number of anilines is 1. The van der Waals surface area contributed by atoms with Crippen molar-refractivity contribution in [3.63, 3.8) is 0 Å². The Hall–Kier alpha value is -3.95. The SMILES string of the molecule is COc1ccc(C(=O)Nc2cc(C(=O)O)cc(C(=O)O)c2)cc1[N+](=O)[O-]. The van der Waals surface area contributed by atoms with Gasteiger partial charge in [0.1, 0.15) is 0 Å². The summed E-state index contributed by atoms with van der Waals surface area (Å²) in [6.07, 6.45) is 0. The summed E-state index contributed by atoms with van der Waals surface area (Å²) in [5, 5.41) is 31.4. The molecule has 0 bridgehead atoms. The molecule has 2 rings (SSSR count). The average molecular weight is 360 g/mol. The van der Waals surface area contributed by atoms with Crippen LogP contribution in [0.2, 0.25) is 0 Å². The maximum absolute atomic E-state index is 12.3. The highest BCUT2D eigenvalue weighted by Crippen LogP contribution is 2.28. The minimum absolute atomic E-state index is 0.0346. The number of hydrogen-bond acceptors (Lipinski definition) is 6. The van der Waals surface area contributed by atoms with Gasteiger partial charge in [0.2, 0.25) is 0 Å². The van der Waals surface area contributed by atoms with Gasteiger partial charge in [-0.2, -0.15) is 0 Å². The molecule has 0 unspecified atom stereocenters. The average Bonchev–Trinajstić information content (AvgIpc) is 2.60. The maximum atomic E-state index is 12.3. The van der Waals surface area contributed by atoms with Crippen molar-refractivity contribution in [2.45, 2.75) is 0 Å². The number of nitrogens with one attached hydrogen (secondary N) is 1. The number of nitro groups is 1.